The molecule has 0 bridgehead atoms. The van der Waals surface area contributed by atoms with Crippen molar-refractivity contribution in [1.29, 1.82) is 0 Å². The average molecular weight is 374 g/mol. The minimum Gasteiger partial charge on any atom is -0.326 e. The topological polar surface area (TPSA) is 84.8 Å². The predicted molar refractivity (Wildman–Crippen MR) is 101 cm³/mol. The van der Waals surface area contributed by atoms with E-state index in [4.69, 9.17) is 0 Å². The smallest absolute Gasteiger partial charge is 0.254 e. The van der Waals surface area contributed by atoms with Gasteiger partial charge < -0.3 is 4.90 Å². The molecule has 0 fully saturated rings. The zero-order chi connectivity index (χ0) is 18.4. The molecule has 1 atom stereocenters. The Kier molecular flexibility index (Phi) is 3.64. The Labute approximate surface area is 158 Å². The maximum absolute atomic E-state index is 13.1. The van der Waals surface area contributed by atoms with Crippen LogP contribution in [-0.4, -0.2) is 35.7 Å². The number of rotatable bonds is 2. The molecule has 0 saturated carbocycles. The lowest BCUT2D eigenvalue weighted by Crippen LogP contribution is -2.28. The largest absolute Gasteiger partial charge is 0.326 e. The number of amides is 1. The van der Waals surface area contributed by atoms with Crippen molar-refractivity contribution in [3.8, 4) is 11.6 Å². The van der Waals surface area contributed by atoms with E-state index in [0.717, 1.165) is 21.5 Å². The summed E-state index contributed by atoms with van der Waals surface area (Å²) in [4.78, 5) is 36.6. The number of fused-ring (bicyclic) bond motifs is 2. The first-order valence-electron chi connectivity index (χ1n) is 8.48. The van der Waals surface area contributed by atoms with Gasteiger partial charge in [0.1, 0.15) is 0 Å². The van der Waals surface area contributed by atoms with E-state index in [-0.39, 0.29) is 11.9 Å². The Morgan fingerprint density at radius 2 is 2.00 bits per heavy atom. The fourth-order valence-electron chi connectivity index (χ4n) is 3.29. The normalized spacial score (nSPS) is 15.9. The Balaban J connectivity index is 1.46. The van der Waals surface area contributed by atoms with Crippen molar-refractivity contribution in [3.05, 3.63) is 65.2 Å². The Bertz CT molecular complexity index is 1160. The highest BCUT2D eigenvalue weighted by molar-refractivity contribution is 7.16. The van der Waals surface area contributed by atoms with Gasteiger partial charge in [0.15, 0.2) is 11.6 Å². The van der Waals surface area contributed by atoms with E-state index in [1.54, 1.807) is 30.2 Å². The van der Waals surface area contributed by atoms with Gasteiger partial charge in [-0.1, -0.05) is 0 Å². The van der Waals surface area contributed by atoms with Gasteiger partial charge in [0, 0.05) is 29.7 Å². The van der Waals surface area contributed by atoms with Gasteiger partial charge in [-0.2, -0.15) is 0 Å². The van der Waals surface area contributed by atoms with Crippen LogP contribution in [0.1, 0.15) is 34.6 Å². The Hall–Kier alpha value is -3.26. The Morgan fingerprint density at radius 3 is 2.85 bits per heavy atom. The lowest BCUT2D eigenvalue weighted by molar-refractivity contribution is 0.0704. The standard InChI is InChI=1S/C19H14N6OS/c1-11-13-8-22-18(17-20-5-2-6-21-17)24-15(13)9-25(11)19(26)12-3-4-14-16(7-12)27-10-23-14/h2-8,10-11H,9H2,1H3. The van der Waals surface area contributed by atoms with Gasteiger partial charge in [0.25, 0.3) is 5.91 Å². The highest BCUT2D eigenvalue weighted by atomic mass is 32.1. The van der Waals surface area contributed by atoms with Gasteiger partial charge in [-0.25, -0.2) is 24.9 Å². The maximum Gasteiger partial charge on any atom is 0.254 e. The molecule has 27 heavy (non-hydrogen) atoms. The lowest BCUT2D eigenvalue weighted by atomic mass is 10.1. The highest BCUT2D eigenvalue weighted by Crippen LogP contribution is 2.34. The number of carbonyl (C=O) groups excluding carboxylic acids is 1. The molecule has 7 nitrogen and oxygen atoms in total. The van der Waals surface area contributed by atoms with E-state index in [0.29, 0.717) is 23.8 Å². The van der Waals surface area contributed by atoms with Gasteiger partial charge in [-0.3, -0.25) is 4.79 Å². The molecule has 0 radical (unpaired) electrons. The summed E-state index contributed by atoms with van der Waals surface area (Å²) < 4.78 is 1.01. The maximum atomic E-state index is 13.1. The molecule has 1 aliphatic heterocycles. The van der Waals surface area contributed by atoms with Crippen LogP contribution >= 0.6 is 11.3 Å². The number of hydrogen-bond acceptors (Lipinski definition) is 7. The summed E-state index contributed by atoms with van der Waals surface area (Å²) in [5, 5.41) is 0. The molecule has 0 spiro atoms. The van der Waals surface area contributed by atoms with Crippen LogP contribution in [0.3, 0.4) is 0 Å². The van der Waals surface area contributed by atoms with Crippen LogP contribution in [0.5, 0.6) is 0 Å². The summed E-state index contributed by atoms with van der Waals surface area (Å²) in [5.74, 6) is 0.934. The van der Waals surface area contributed by atoms with Gasteiger partial charge in [-0.15, -0.1) is 11.3 Å². The van der Waals surface area contributed by atoms with E-state index in [2.05, 4.69) is 24.9 Å². The molecule has 0 saturated heterocycles. The zero-order valence-electron chi connectivity index (χ0n) is 14.4. The molecule has 0 aliphatic carbocycles. The van der Waals surface area contributed by atoms with Crippen molar-refractivity contribution in [1.82, 2.24) is 29.8 Å². The van der Waals surface area contributed by atoms with Crippen molar-refractivity contribution >= 4 is 27.5 Å². The van der Waals surface area contributed by atoms with Crippen LogP contribution in [0, 0.1) is 0 Å². The van der Waals surface area contributed by atoms with E-state index in [9.17, 15) is 4.79 Å². The molecule has 132 valence electrons. The van der Waals surface area contributed by atoms with E-state index >= 15 is 0 Å². The molecule has 4 heterocycles. The van der Waals surface area contributed by atoms with Crippen molar-refractivity contribution in [3.63, 3.8) is 0 Å². The third-order valence-corrected chi connectivity index (χ3v) is 5.53. The minimum absolute atomic E-state index is 0.0201. The summed E-state index contributed by atoms with van der Waals surface area (Å²) >= 11 is 1.53. The lowest BCUT2D eigenvalue weighted by Gasteiger charge is -2.21. The summed E-state index contributed by atoms with van der Waals surface area (Å²) in [6.45, 7) is 2.44. The van der Waals surface area contributed by atoms with E-state index in [1.807, 2.05) is 30.0 Å². The number of carbonyl (C=O) groups is 1. The molecule has 5 rings (SSSR count). The number of thiazole rings is 1. The number of nitrogens with zero attached hydrogens (tertiary/aromatic N) is 6. The third kappa shape index (κ3) is 2.65. The molecule has 1 aromatic carbocycles. The zero-order valence-corrected chi connectivity index (χ0v) is 15.2. The van der Waals surface area contributed by atoms with Crippen molar-refractivity contribution in [2.45, 2.75) is 19.5 Å². The van der Waals surface area contributed by atoms with Crippen LogP contribution in [-0.2, 0) is 6.54 Å². The van der Waals surface area contributed by atoms with Crippen LogP contribution in [0.2, 0.25) is 0 Å². The highest BCUT2D eigenvalue weighted by Gasteiger charge is 2.33. The number of aromatic nitrogens is 5. The van der Waals surface area contributed by atoms with Crippen LogP contribution in [0.25, 0.3) is 21.9 Å². The second kappa shape index (κ2) is 6.17. The molecule has 1 amide bonds. The summed E-state index contributed by atoms with van der Waals surface area (Å²) in [7, 11) is 0. The van der Waals surface area contributed by atoms with Crippen LogP contribution in [0.4, 0.5) is 0 Å². The summed E-state index contributed by atoms with van der Waals surface area (Å²) in [6, 6.07) is 7.28. The first-order chi connectivity index (χ1) is 13.2. The molecular formula is C19H14N6OS. The fourth-order valence-corrected chi connectivity index (χ4v) is 4.01. The van der Waals surface area contributed by atoms with Gasteiger partial charge in [0.2, 0.25) is 0 Å². The molecule has 3 aromatic heterocycles. The minimum atomic E-state index is -0.0876. The van der Waals surface area contributed by atoms with Crippen LogP contribution in [0.15, 0.2) is 48.4 Å². The molecule has 0 N–H and O–H groups in total. The average Bonchev–Trinajstić information content (AvgIpc) is 3.31. The SMILES string of the molecule is CC1c2cnc(-c3ncccn3)nc2CN1C(=O)c1ccc2ncsc2c1. The first kappa shape index (κ1) is 16.0. The molecule has 4 aromatic rings. The number of hydrogen-bond donors (Lipinski definition) is 0. The molecular weight excluding hydrogens is 360 g/mol. The quantitative estimate of drug-likeness (QED) is 0.535. The van der Waals surface area contributed by atoms with Crippen molar-refractivity contribution < 1.29 is 4.79 Å². The van der Waals surface area contributed by atoms with Gasteiger partial charge in [0.05, 0.1) is 34.0 Å². The third-order valence-electron chi connectivity index (χ3n) is 4.74. The van der Waals surface area contributed by atoms with Gasteiger partial charge in [-0.05, 0) is 31.2 Å². The Morgan fingerprint density at radius 1 is 1.15 bits per heavy atom. The second-order valence-electron chi connectivity index (χ2n) is 6.31. The molecule has 8 heteroatoms. The molecule has 1 aliphatic rings. The van der Waals surface area contributed by atoms with Crippen molar-refractivity contribution in [2.75, 3.05) is 0 Å². The summed E-state index contributed by atoms with van der Waals surface area (Å²) in [6.07, 6.45) is 5.10. The summed E-state index contributed by atoms with van der Waals surface area (Å²) in [5.41, 5.74) is 5.16. The van der Waals surface area contributed by atoms with Crippen LogP contribution < -0.4 is 0 Å². The van der Waals surface area contributed by atoms with Crippen molar-refractivity contribution in [2.24, 2.45) is 0 Å². The predicted octanol–water partition coefficient (Wildman–Crippen LogP) is 3.26. The second-order valence-corrected chi connectivity index (χ2v) is 7.20. The molecule has 1 unspecified atom stereocenters. The fraction of sp³-hybridized carbons (Fsp3) is 0.158. The number of benzene rings is 1. The monoisotopic (exact) mass is 374 g/mol. The van der Waals surface area contributed by atoms with E-state index in [1.165, 1.54) is 11.3 Å². The van der Waals surface area contributed by atoms with Gasteiger partial charge >= 0.3 is 0 Å². The van der Waals surface area contributed by atoms with E-state index < -0.39 is 0 Å². The first-order valence-corrected chi connectivity index (χ1v) is 9.36.